The first kappa shape index (κ1) is 26.9. The molecule has 0 radical (unpaired) electrons. The molecule has 3 amide bonds. The first-order valence-corrected chi connectivity index (χ1v) is 10.3. The van der Waals surface area contributed by atoms with Gasteiger partial charge in [-0.05, 0) is 18.2 Å². The summed E-state index contributed by atoms with van der Waals surface area (Å²) in [6, 6.07) is 4.69. The van der Waals surface area contributed by atoms with E-state index in [4.69, 9.17) is 17.2 Å². The lowest BCUT2D eigenvalue weighted by atomic mass is 10.3. The van der Waals surface area contributed by atoms with Crippen LogP contribution in [0.1, 0.15) is 31.5 Å². The minimum atomic E-state index is -0.401. The molecular weight excluding hydrogens is 478 g/mol. The second-order valence-corrected chi connectivity index (χ2v) is 7.77. The Kier molecular flexibility index (Phi) is 8.56. The van der Waals surface area contributed by atoms with Crippen LogP contribution in [0.4, 0.5) is 17.1 Å². The van der Waals surface area contributed by atoms with E-state index in [1.807, 2.05) is 0 Å². The van der Waals surface area contributed by atoms with Gasteiger partial charge >= 0.3 is 5.96 Å². The lowest BCUT2D eigenvalue weighted by Crippen LogP contribution is -3.00. The maximum Gasteiger partial charge on any atom is 0.338 e. The maximum atomic E-state index is 12.8. The van der Waals surface area contributed by atoms with Gasteiger partial charge in [-0.15, -0.1) is 0 Å². The van der Waals surface area contributed by atoms with Crippen LogP contribution in [0.15, 0.2) is 36.8 Å². The summed E-state index contributed by atoms with van der Waals surface area (Å²) in [5.74, 6) is -0.990. The number of amides is 3. The number of aromatic nitrogens is 3. The molecule has 14 heteroatoms. The van der Waals surface area contributed by atoms with Crippen LogP contribution in [0.2, 0.25) is 0 Å². The predicted octanol–water partition coefficient (Wildman–Crippen LogP) is -5.12. The highest BCUT2D eigenvalue weighted by Gasteiger charge is 2.18. The topological polar surface area (TPSA) is 194 Å². The highest BCUT2D eigenvalue weighted by atomic mass is 35.5. The highest BCUT2D eigenvalue weighted by molar-refractivity contribution is 6.07. The van der Waals surface area contributed by atoms with Crippen molar-refractivity contribution in [3.8, 4) is 0 Å². The predicted molar refractivity (Wildman–Crippen MR) is 128 cm³/mol. The third kappa shape index (κ3) is 6.57. The zero-order valence-electron chi connectivity index (χ0n) is 19.6. The summed E-state index contributed by atoms with van der Waals surface area (Å²) >= 11 is 0. The molecule has 0 atom stereocenters. The Balaban J connectivity index is 0.00000432. The average Bonchev–Trinajstić information content (AvgIpc) is 3.41. The van der Waals surface area contributed by atoms with E-state index in [1.165, 1.54) is 0 Å². The van der Waals surface area contributed by atoms with E-state index < -0.39 is 5.91 Å². The van der Waals surface area contributed by atoms with Gasteiger partial charge in [-0.1, -0.05) is 0 Å². The molecule has 13 nitrogen and oxygen atoms in total. The molecule has 3 heterocycles. The SMILES string of the molecule is Cn1cc(NC(=O)c2cc(N[14C](=O)c3cc(N)cn3C)cn2C)cc1C(=O)NCC[NH+]=C(N)N.[Cl-]. The first-order valence-electron chi connectivity index (χ1n) is 10.3. The van der Waals surface area contributed by atoms with Crippen LogP contribution in [0.25, 0.3) is 0 Å². The van der Waals surface area contributed by atoms with E-state index in [2.05, 4.69) is 20.9 Å². The standard InChI is InChI=1S/C21H28N10O3.ClH/c1-29-9-12(22)6-15(29)19(33)27-14-8-17(31(3)11-14)20(34)28-13-7-16(30(2)10-13)18(32)25-4-5-26-21(23)24;/h6-11H,4-5,22H2,1-3H3,(H,25,32)(H,27,33)(H,28,34)(H4,23,24,26);1H/i19+2;. The van der Waals surface area contributed by atoms with Gasteiger partial charge in [-0.25, -0.2) is 0 Å². The normalized spacial score (nSPS) is 10.3. The van der Waals surface area contributed by atoms with Gasteiger partial charge in [0.15, 0.2) is 0 Å². The van der Waals surface area contributed by atoms with Crippen molar-refractivity contribution in [2.75, 3.05) is 29.5 Å². The van der Waals surface area contributed by atoms with E-state index >= 15 is 0 Å². The summed E-state index contributed by atoms with van der Waals surface area (Å²) in [5, 5.41) is 8.25. The van der Waals surface area contributed by atoms with Crippen molar-refractivity contribution in [3.63, 3.8) is 0 Å². The van der Waals surface area contributed by atoms with E-state index in [0.29, 0.717) is 47.2 Å². The number of nitrogens with two attached hydrogens (primary N) is 3. The van der Waals surface area contributed by atoms with Gasteiger partial charge in [0, 0.05) is 46.3 Å². The zero-order valence-corrected chi connectivity index (χ0v) is 20.3. The number of aryl methyl sites for hydroxylation is 3. The molecule has 0 aliphatic heterocycles. The van der Waals surface area contributed by atoms with Gasteiger partial charge in [0.2, 0.25) is 0 Å². The maximum absolute atomic E-state index is 12.8. The molecule has 0 aliphatic rings. The monoisotopic (exact) mass is 506 g/mol. The largest absolute Gasteiger partial charge is 1.00 e. The summed E-state index contributed by atoms with van der Waals surface area (Å²) in [5.41, 5.74) is 18.8. The lowest BCUT2D eigenvalue weighted by Gasteiger charge is -2.03. The zero-order chi connectivity index (χ0) is 25.0. The van der Waals surface area contributed by atoms with Crippen molar-refractivity contribution in [1.29, 1.82) is 0 Å². The van der Waals surface area contributed by atoms with Crippen LogP contribution in [-0.4, -0.2) is 50.5 Å². The van der Waals surface area contributed by atoms with E-state index in [9.17, 15) is 14.4 Å². The number of anilines is 3. The molecule has 0 saturated heterocycles. The second-order valence-electron chi connectivity index (χ2n) is 7.77. The van der Waals surface area contributed by atoms with Crippen molar-refractivity contribution < 1.29 is 31.8 Å². The lowest BCUT2D eigenvalue weighted by molar-refractivity contribution is -0.456. The number of carbonyl (C=O) groups is 3. The fraction of sp³-hybridized carbons (Fsp3) is 0.238. The molecule has 35 heavy (non-hydrogen) atoms. The molecule has 0 aliphatic carbocycles. The van der Waals surface area contributed by atoms with Crippen LogP contribution in [0.3, 0.4) is 0 Å². The first-order chi connectivity index (χ1) is 16.0. The molecule has 3 rings (SSSR count). The van der Waals surface area contributed by atoms with Crippen molar-refractivity contribution in [2.45, 2.75) is 0 Å². The number of guanidine groups is 1. The molecule has 188 valence electrons. The van der Waals surface area contributed by atoms with Crippen LogP contribution in [-0.2, 0) is 21.1 Å². The van der Waals surface area contributed by atoms with Crippen LogP contribution >= 0.6 is 0 Å². The average molecular weight is 507 g/mol. The smallest absolute Gasteiger partial charge is 0.338 e. The summed E-state index contributed by atoms with van der Waals surface area (Å²) < 4.78 is 4.81. The van der Waals surface area contributed by atoms with Gasteiger partial charge in [0.25, 0.3) is 17.7 Å². The number of nitrogens with zero attached hydrogens (tertiary/aromatic N) is 3. The molecule has 3 aromatic heterocycles. The minimum absolute atomic E-state index is 0. The highest BCUT2D eigenvalue weighted by Crippen LogP contribution is 2.18. The van der Waals surface area contributed by atoms with Crippen LogP contribution < -0.4 is 50.6 Å². The van der Waals surface area contributed by atoms with E-state index in [1.54, 1.807) is 71.6 Å². The van der Waals surface area contributed by atoms with Gasteiger partial charge in [-0.3, -0.25) is 30.8 Å². The molecule has 0 bridgehead atoms. The van der Waals surface area contributed by atoms with E-state index in [-0.39, 0.29) is 30.2 Å². The minimum Gasteiger partial charge on any atom is -1.00 e. The molecule has 0 aromatic carbocycles. The van der Waals surface area contributed by atoms with Crippen molar-refractivity contribution in [2.24, 2.45) is 32.6 Å². The quantitative estimate of drug-likeness (QED) is 0.0906. The Hall–Kier alpha value is -4.39. The van der Waals surface area contributed by atoms with Crippen LogP contribution in [0.5, 0.6) is 0 Å². The summed E-state index contributed by atoms with van der Waals surface area (Å²) in [4.78, 5) is 40.4. The number of hydrogen-bond acceptors (Lipinski definition) is 4. The Bertz CT molecular complexity index is 1270. The van der Waals surface area contributed by atoms with Gasteiger partial charge in [0.05, 0.1) is 23.6 Å². The van der Waals surface area contributed by atoms with Gasteiger partial charge in [0.1, 0.15) is 17.1 Å². The number of nitrogens with one attached hydrogen (secondary N) is 4. The Morgan fingerprint density at radius 2 is 1.54 bits per heavy atom. The number of nitrogen functional groups attached to an aromatic ring is 1. The third-order valence-corrected chi connectivity index (χ3v) is 4.99. The molecule has 0 saturated carbocycles. The molecule has 3 aromatic rings. The molecule has 10 N–H and O–H groups in total. The number of rotatable bonds is 8. The molecule has 0 unspecified atom stereocenters. The van der Waals surface area contributed by atoms with Crippen molar-refractivity contribution in [1.82, 2.24) is 19.0 Å². The van der Waals surface area contributed by atoms with E-state index in [0.717, 1.165) is 0 Å². The summed E-state index contributed by atoms with van der Waals surface area (Å²) in [7, 11) is 5.10. The Morgan fingerprint density at radius 1 is 0.943 bits per heavy atom. The number of halogens is 1. The molecule has 0 spiro atoms. The summed E-state index contributed by atoms with van der Waals surface area (Å²) in [6.45, 7) is 0.697. The van der Waals surface area contributed by atoms with Crippen LogP contribution in [0, 0.1) is 0 Å². The van der Waals surface area contributed by atoms with Gasteiger partial charge in [-0.2, -0.15) is 0 Å². The molecule has 0 fully saturated rings. The third-order valence-electron chi connectivity index (χ3n) is 4.99. The second kappa shape index (κ2) is 11.2. The number of hydrogen-bond donors (Lipinski definition) is 7. The Labute approximate surface area is 207 Å². The Morgan fingerprint density at radius 3 is 2.14 bits per heavy atom. The number of carbonyl (C=O) groups excluding carboxylic acids is 3. The fourth-order valence-corrected chi connectivity index (χ4v) is 3.40. The molecular formula is C21H29ClN10O3. The summed E-state index contributed by atoms with van der Waals surface area (Å²) in [6.07, 6.45) is 4.89. The van der Waals surface area contributed by atoms with Crippen molar-refractivity contribution >= 4 is 40.7 Å². The van der Waals surface area contributed by atoms with Crippen molar-refractivity contribution in [3.05, 3.63) is 53.9 Å². The van der Waals surface area contributed by atoms with Gasteiger partial charge < -0.3 is 47.8 Å². The fourth-order valence-electron chi connectivity index (χ4n) is 3.40.